The van der Waals surface area contributed by atoms with Crippen molar-refractivity contribution in [3.63, 3.8) is 0 Å². The molecular weight excluding hydrogens is 379 g/mol. The summed E-state index contributed by atoms with van der Waals surface area (Å²) in [5, 5.41) is 13.1. The van der Waals surface area contributed by atoms with Gasteiger partial charge in [0.05, 0.1) is 17.9 Å². The van der Waals surface area contributed by atoms with Gasteiger partial charge in [-0.15, -0.1) is 0 Å². The lowest BCUT2D eigenvalue weighted by Crippen LogP contribution is -2.36. The van der Waals surface area contributed by atoms with Gasteiger partial charge in [0.2, 0.25) is 0 Å². The molecule has 0 aromatic carbocycles. The highest BCUT2D eigenvalue weighted by Crippen LogP contribution is 2.35. The van der Waals surface area contributed by atoms with Gasteiger partial charge < -0.3 is 15.4 Å². The fourth-order valence-corrected chi connectivity index (χ4v) is 2.43. The Morgan fingerprint density at radius 2 is 2.07 bits per heavy atom. The number of amidine groups is 1. The maximum absolute atomic E-state index is 13.4. The minimum absolute atomic E-state index is 0.0335. The number of aromatic nitrogens is 2. The number of pyridine rings is 2. The molecule has 0 radical (unpaired) electrons. The van der Waals surface area contributed by atoms with Crippen LogP contribution in [0.2, 0.25) is 0 Å². The van der Waals surface area contributed by atoms with E-state index < -0.39 is 23.3 Å². The van der Waals surface area contributed by atoms with Crippen molar-refractivity contribution < 1.29 is 17.9 Å². The van der Waals surface area contributed by atoms with Crippen LogP contribution in [-0.2, 0) is 6.18 Å². The van der Waals surface area contributed by atoms with Gasteiger partial charge in [-0.3, -0.25) is 5.41 Å². The maximum Gasteiger partial charge on any atom is 0.418 e. The molecule has 0 bridgehead atoms. The second kappa shape index (κ2) is 7.47. The Bertz CT molecular complexity index is 883. The minimum atomic E-state index is -4.69. The van der Waals surface area contributed by atoms with Crippen molar-refractivity contribution in [2.45, 2.75) is 32.0 Å². The number of alkyl halides is 3. The van der Waals surface area contributed by atoms with Crippen molar-refractivity contribution in [2.24, 2.45) is 0 Å². The molecule has 0 aliphatic heterocycles. The first-order chi connectivity index (χ1) is 12.7. The summed E-state index contributed by atoms with van der Waals surface area (Å²) in [4.78, 5) is 7.85. The average molecular weight is 395 g/mol. The summed E-state index contributed by atoms with van der Waals surface area (Å²) in [6.07, 6.45) is -0.398. The molecule has 1 fully saturated rings. The van der Waals surface area contributed by atoms with E-state index in [-0.39, 0.29) is 17.0 Å². The number of halogens is 3. The summed E-state index contributed by atoms with van der Waals surface area (Å²) in [5.41, 5.74) is -0.827. The van der Waals surface area contributed by atoms with Crippen molar-refractivity contribution >= 4 is 29.0 Å². The number of nitrogens with zero attached hydrogens (tertiary/aromatic N) is 2. The molecule has 1 aliphatic carbocycles. The Kier molecular flexibility index (Phi) is 5.26. The van der Waals surface area contributed by atoms with E-state index in [4.69, 9.17) is 22.4 Å². The van der Waals surface area contributed by atoms with Crippen molar-refractivity contribution in [2.75, 3.05) is 5.32 Å². The van der Waals surface area contributed by atoms with Gasteiger partial charge in [-0.2, -0.15) is 13.2 Å². The quantitative estimate of drug-likeness (QED) is 0.416. The van der Waals surface area contributed by atoms with E-state index >= 15 is 0 Å². The lowest BCUT2D eigenvalue weighted by molar-refractivity contribution is -0.138. The summed E-state index contributed by atoms with van der Waals surface area (Å²) in [6.45, 7) is 1.80. The molecule has 0 unspecified atom stereocenters. The van der Waals surface area contributed by atoms with Crippen LogP contribution in [0.5, 0.6) is 5.75 Å². The van der Waals surface area contributed by atoms with E-state index in [1.807, 2.05) is 0 Å². The topological polar surface area (TPSA) is 82.9 Å². The number of ether oxygens (including phenoxy) is 1. The largest absolute Gasteiger partial charge is 0.489 e. The molecule has 10 heteroatoms. The number of hydrogen-bond donors (Lipinski definition) is 3. The zero-order valence-electron chi connectivity index (χ0n) is 14.2. The number of thiocarbonyl (C=S) groups is 1. The Hall–Kier alpha value is -2.75. The maximum atomic E-state index is 13.4. The van der Waals surface area contributed by atoms with Crippen molar-refractivity contribution in [3.05, 3.63) is 47.4 Å². The average Bonchev–Trinajstić information content (AvgIpc) is 3.40. The second-order valence-electron chi connectivity index (χ2n) is 6.01. The van der Waals surface area contributed by atoms with Crippen LogP contribution in [0, 0.1) is 12.3 Å². The highest BCUT2D eigenvalue weighted by molar-refractivity contribution is 7.80. The predicted octanol–water partition coefficient (Wildman–Crippen LogP) is 3.66. The van der Waals surface area contributed by atoms with E-state index in [2.05, 4.69) is 20.6 Å². The fourth-order valence-electron chi connectivity index (χ4n) is 2.23. The summed E-state index contributed by atoms with van der Waals surface area (Å²) < 4.78 is 45.6. The van der Waals surface area contributed by atoms with Gasteiger partial charge in [0.25, 0.3) is 0 Å². The van der Waals surface area contributed by atoms with E-state index in [1.165, 1.54) is 6.20 Å². The molecule has 27 heavy (non-hydrogen) atoms. The number of hydrogen-bond acceptors (Lipinski definition) is 5. The smallest absolute Gasteiger partial charge is 0.418 e. The summed E-state index contributed by atoms with van der Waals surface area (Å²) in [5.74, 6) is -0.0995. The normalized spacial score (nSPS) is 13.8. The lowest BCUT2D eigenvalue weighted by atomic mass is 10.1. The molecule has 0 saturated heterocycles. The fraction of sp³-hybridized carbons (Fsp3) is 0.294. The molecule has 1 saturated carbocycles. The molecule has 2 aromatic rings. The third kappa shape index (κ3) is 4.91. The molecule has 1 aliphatic rings. The van der Waals surface area contributed by atoms with Crippen LogP contribution in [-0.4, -0.2) is 27.0 Å². The molecule has 6 nitrogen and oxygen atoms in total. The zero-order valence-corrected chi connectivity index (χ0v) is 15.0. The lowest BCUT2D eigenvalue weighted by Gasteiger charge is -2.16. The van der Waals surface area contributed by atoms with E-state index in [0.717, 1.165) is 24.5 Å². The van der Waals surface area contributed by atoms with Crippen LogP contribution in [0.1, 0.15) is 29.7 Å². The number of anilines is 1. The van der Waals surface area contributed by atoms with Crippen molar-refractivity contribution in [1.29, 1.82) is 5.41 Å². The SMILES string of the molecule is Cc1cccnc1NC(=S)NC(=N)c1ncc(OC2CC2)cc1C(F)(F)F. The number of aryl methyl sites for hydroxylation is 1. The first-order valence-electron chi connectivity index (χ1n) is 8.06. The van der Waals surface area contributed by atoms with Crippen LogP contribution in [0.3, 0.4) is 0 Å². The highest BCUT2D eigenvalue weighted by Gasteiger charge is 2.36. The van der Waals surface area contributed by atoms with Gasteiger partial charge in [-0.05, 0) is 49.7 Å². The predicted molar refractivity (Wildman–Crippen MR) is 98.0 cm³/mol. The van der Waals surface area contributed by atoms with Crippen LogP contribution < -0.4 is 15.4 Å². The third-order valence-corrected chi connectivity index (χ3v) is 3.92. The standard InChI is InChI=1S/C17H16F3N5OS/c1-9-3-2-6-22-15(9)25-16(27)24-14(21)13-12(17(18,19)20)7-11(8-23-13)26-10-4-5-10/h2-3,6-8,10H,4-5H2,1H3,(H3,21,22,24,25,27). The first kappa shape index (κ1) is 19.0. The monoisotopic (exact) mass is 395 g/mol. The number of nitrogens with one attached hydrogen (secondary N) is 3. The minimum Gasteiger partial charge on any atom is -0.489 e. The Balaban J connectivity index is 1.76. The Labute approximate surface area is 158 Å². The van der Waals surface area contributed by atoms with Crippen LogP contribution in [0.25, 0.3) is 0 Å². The third-order valence-electron chi connectivity index (χ3n) is 3.71. The number of rotatable bonds is 4. The van der Waals surface area contributed by atoms with Gasteiger partial charge in [0.1, 0.15) is 17.3 Å². The molecule has 142 valence electrons. The van der Waals surface area contributed by atoms with Crippen molar-refractivity contribution in [1.82, 2.24) is 15.3 Å². The molecule has 2 aromatic heterocycles. The molecule has 0 spiro atoms. The van der Waals surface area contributed by atoms with Gasteiger partial charge in [-0.25, -0.2) is 9.97 Å². The Morgan fingerprint density at radius 3 is 2.70 bits per heavy atom. The van der Waals surface area contributed by atoms with Crippen molar-refractivity contribution in [3.8, 4) is 5.75 Å². The van der Waals surface area contributed by atoms with Crippen LogP contribution in [0.4, 0.5) is 19.0 Å². The first-order valence-corrected chi connectivity index (χ1v) is 8.47. The van der Waals surface area contributed by atoms with Gasteiger partial charge >= 0.3 is 6.18 Å². The van der Waals surface area contributed by atoms with Gasteiger partial charge in [0.15, 0.2) is 10.9 Å². The molecule has 3 N–H and O–H groups in total. The van der Waals surface area contributed by atoms with E-state index in [1.54, 1.807) is 25.3 Å². The van der Waals surface area contributed by atoms with Gasteiger partial charge in [0, 0.05) is 6.20 Å². The summed E-state index contributed by atoms with van der Waals surface area (Å²) >= 11 is 5.06. The summed E-state index contributed by atoms with van der Waals surface area (Å²) in [6, 6.07) is 4.39. The van der Waals surface area contributed by atoms with E-state index in [0.29, 0.717) is 5.82 Å². The van der Waals surface area contributed by atoms with Gasteiger partial charge in [-0.1, -0.05) is 6.07 Å². The Morgan fingerprint density at radius 1 is 1.33 bits per heavy atom. The van der Waals surface area contributed by atoms with Crippen LogP contribution >= 0.6 is 12.2 Å². The molecule has 0 amide bonds. The summed E-state index contributed by atoms with van der Waals surface area (Å²) in [7, 11) is 0. The van der Waals surface area contributed by atoms with E-state index in [9.17, 15) is 13.2 Å². The molecule has 0 atom stereocenters. The molecule has 3 rings (SSSR count). The highest BCUT2D eigenvalue weighted by atomic mass is 32.1. The van der Waals surface area contributed by atoms with Crippen LogP contribution in [0.15, 0.2) is 30.6 Å². The second-order valence-corrected chi connectivity index (χ2v) is 6.41. The molecular formula is C17H16F3N5OS. The zero-order chi connectivity index (χ0) is 19.6. The molecule has 2 heterocycles.